The number of nitrogen functional groups attached to an aromatic ring is 1. The highest BCUT2D eigenvalue weighted by Crippen LogP contribution is 2.37. The molecule has 2 heterocycles. The summed E-state index contributed by atoms with van der Waals surface area (Å²) in [6.45, 7) is 0. The van der Waals surface area contributed by atoms with Gasteiger partial charge in [-0.3, -0.25) is 0 Å². The van der Waals surface area contributed by atoms with Crippen molar-refractivity contribution in [1.82, 2.24) is 19.7 Å². The average Bonchev–Trinajstić information content (AvgIpc) is 2.75. The second-order valence-corrected chi connectivity index (χ2v) is 3.46. The Balaban J connectivity index is 2.22. The maximum Gasteiger partial charge on any atom is 0.163 e. The molecule has 2 unspecified atom stereocenters. The van der Waals surface area contributed by atoms with E-state index in [1.54, 1.807) is 10.9 Å². The molecule has 14 heavy (non-hydrogen) atoms. The smallest absolute Gasteiger partial charge is 0.163 e. The van der Waals surface area contributed by atoms with E-state index in [2.05, 4.69) is 15.1 Å². The van der Waals surface area contributed by atoms with Crippen LogP contribution in [0, 0.1) is 0 Å². The van der Waals surface area contributed by atoms with Crippen molar-refractivity contribution in [1.29, 1.82) is 0 Å². The number of hydrogen-bond acceptors (Lipinski definition) is 5. The van der Waals surface area contributed by atoms with Gasteiger partial charge in [0.2, 0.25) is 0 Å². The van der Waals surface area contributed by atoms with Crippen molar-refractivity contribution >= 4 is 16.9 Å². The summed E-state index contributed by atoms with van der Waals surface area (Å²) in [4.78, 5) is 7.97. The highest BCUT2D eigenvalue weighted by Gasteiger charge is 2.39. The first-order chi connectivity index (χ1) is 6.77. The zero-order valence-electron chi connectivity index (χ0n) is 7.33. The normalized spacial score (nSPS) is 25.5. The molecule has 3 N–H and O–H groups in total. The Kier molecular flexibility index (Phi) is 1.33. The van der Waals surface area contributed by atoms with Crippen LogP contribution in [0.5, 0.6) is 0 Å². The van der Waals surface area contributed by atoms with Crippen molar-refractivity contribution in [2.24, 2.45) is 0 Å². The Labute approximate surface area is 79.4 Å². The van der Waals surface area contributed by atoms with E-state index in [0.717, 1.165) is 11.8 Å². The third-order valence-electron chi connectivity index (χ3n) is 2.46. The highest BCUT2D eigenvalue weighted by atomic mass is 16.3. The lowest BCUT2D eigenvalue weighted by atomic mass is 10.4. The Hall–Kier alpha value is -1.69. The van der Waals surface area contributed by atoms with Gasteiger partial charge in [0.1, 0.15) is 12.1 Å². The third-order valence-corrected chi connectivity index (χ3v) is 2.46. The van der Waals surface area contributed by atoms with E-state index >= 15 is 0 Å². The number of aliphatic hydroxyl groups is 1. The number of fused-ring (bicyclic) bond motifs is 1. The number of aliphatic hydroxyl groups excluding tert-OH is 1. The average molecular weight is 191 g/mol. The van der Waals surface area contributed by atoms with Gasteiger partial charge in [0.15, 0.2) is 5.65 Å². The van der Waals surface area contributed by atoms with Gasteiger partial charge >= 0.3 is 0 Å². The molecule has 2 atom stereocenters. The van der Waals surface area contributed by atoms with Crippen LogP contribution in [0.25, 0.3) is 11.0 Å². The highest BCUT2D eigenvalue weighted by molar-refractivity contribution is 5.84. The lowest BCUT2D eigenvalue weighted by Crippen LogP contribution is -2.02. The molecule has 3 rings (SSSR count). The fourth-order valence-corrected chi connectivity index (χ4v) is 1.55. The second-order valence-electron chi connectivity index (χ2n) is 3.46. The number of nitrogens with two attached hydrogens (primary N) is 1. The summed E-state index contributed by atoms with van der Waals surface area (Å²) in [7, 11) is 0. The van der Waals surface area contributed by atoms with Crippen LogP contribution in [-0.4, -0.2) is 31.0 Å². The van der Waals surface area contributed by atoms with Gasteiger partial charge in [-0.05, 0) is 0 Å². The second kappa shape index (κ2) is 2.42. The fourth-order valence-electron chi connectivity index (χ4n) is 1.55. The minimum absolute atomic E-state index is 0.0572. The third kappa shape index (κ3) is 0.912. The van der Waals surface area contributed by atoms with E-state index in [9.17, 15) is 5.11 Å². The van der Waals surface area contributed by atoms with Gasteiger partial charge in [-0.2, -0.15) is 5.10 Å². The molecule has 0 aliphatic heterocycles. The molecular weight excluding hydrogens is 182 g/mol. The topological polar surface area (TPSA) is 89.9 Å². The van der Waals surface area contributed by atoms with Gasteiger partial charge in [-0.25, -0.2) is 14.6 Å². The lowest BCUT2D eigenvalue weighted by Gasteiger charge is -1.99. The molecule has 0 spiro atoms. The molecule has 2 aromatic heterocycles. The van der Waals surface area contributed by atoms with E-state index in [0.29, 0.717) is 11.5 Å². The van der Waals surface area contributed by atoms with Crippen LogP contribution < -0.4 is 5.73 Å². The van der Waals surface area contributed by atoms with E-state index in [1.807, 2.05) is 0 Å². The number of rotatable bonds is 1. The number of nitrogens with zero attached hydrogens (tertiary/aromatic N) is 4. The Bertz CT molecular complexity index is 493. The minimum atomic E-state index is -0.297. The van der Waals surface area contributed by atoms with Crippen molar-refractivity contribution in [3.05, 3.63) is 12.5 Å². The lowest BCUT2D eigenvalue weighted by molar-refractivity contribution is 0.257. The zero-order chi connectivity index (χ0) is 9.71. The van der Waals surface area contributed by atoms with Gasteiger partial charge in [0, 0.05) is 6.42 Å². The van der Waals surface area contributed by atoms with Crippen LogP contribution in [0.3, 0.4) is 0 Å². The maximum atomic E-state index is 9.29. The van der Waals surface area contributed by atoms with Crippen LogP contribution in [-0.2, 0) is 0 Å². The Morgan fingerprint density at radius 1 is 1.50 bits per heavy atom. The van der Waals surface area contributed by atoms with Crippen molar-refractivity contribution in [3.8, 4) is 0 Å². The van der Waals surface area contributed by atoms with E-state index in [4.69, 9.17) is 5.73 Å². The van der Waals surface area contributed by atoms with Crippen LogP contribution in [0.15, 0.2) is 12.5 Å². The molecular formula is C8H9N5O. The molecule has 1 fully saturated rings. The first kappa shape index (κ1) is 7.69. The van der Waals surface area contributed by atoms with Gasteiger partial charge in [-0.1, -0.05) is 0 Å². The molecule has 6 nitrogen and oxygen atoms in total. The van der Waals surface area contributed by atoms with Gasteiger partial charge in [-0.15, -0.1) is 0 Å². The summed E-state index contributed by atoms with van der Waals surface area (Å²) >= 11 is 0. The predicted molar refractivity (Wildman–Crippen MR) is 49.4 cm³/mol. The molecule has 1 aliphatic carbocycles. The molecule has 6 heteroatoms. The van der Waals surface area contributed by atoms with Crippen molar-refractivity contribution in [2.45, 2.75) is 18.6 Å². The Morgan fingerprint density at radius 3 is 3.00 bits per heavy atom. The molecule has 1 saturated carbocycles. The van der Waals surface area contributed by atoms with E-state index in [1.165, 1.54) is 6.33 Å². The molecule has 1 aliphatic rings. The minimum Gasteiger partial charge on any atom is -0.391 e. The fraction of sp³-hybridized carbons (Fsp3) is 0.375. The standard InChI is InChI=1S/C8H9N5O/c9-7-4-2-12-13(5-1-6(5)14)8(4)11-3-10-7/h2-3,5-6,14H,1H2,(H2,9,10,11). The van der Waals surface area contributed by atoms with E-state index in [-0.39, 0.29) is 12.1 Å². The summed E-state index contributed by atoms with van der Waals surface area (Å²) in [5.41, 5.74) is 6.35. The molecule has 72 valence electrons. The Morgan fingerprint density at radius 2 is 2.29 bits per heavy atom. The molecule has 0 aromatic carbocycles. The number of hydrogen-bond donors (Lipinski definition) is 2. The van der Waals surface area contributed by atoms with Gasteiger partial charge in [0.25, 0.3) is 0 Å². The maximum absolute atomic E-state index is 9.29. The molecule has 0 amide bonds. The first-order valence-electron chi connectivity index (χ1n) is 4.39. The number of aromatic nitrogens is 4. The van der Waals surface area contributed by atoms with Crippen LogP contribution in [0.1, 0.15) is 12.5 Å². The summed E-state index contributed by atoms with van der Waals surface area (Å²) < 4.78 is 1.71. The number of anilines is 1. The van der Waals surface area contributed by atoms with Crippen molar-refractivity contribution in [2.75, 3.05) is 5.73 Å². The molecule has 0 radical (unpaired) electrons. The zero-order valence-corrected chi connectivity index (χ0v) is 7.33. The van der Waals surface area contributed by atoms with Crippen LogP contribution in [0.4, 0.5) is 5.82 Å². The molecule has 0 saturated heterocycles. The summed E-state index contributed by atoms with van der Waals surface area (Å²) in [6.07, 6.45) is 3.48. The summed E-state index contributed by atoms with van der Waals surface area (Å²) in [5, 5.41) is 14.2. The molecule has 0 bridgehead atoms. The van der Waals surface area contributed by atoms with Crippen LogP contribution >= 0.6 is 0 Å². The monoisotopic (exact) mass is 191 g/mol. The first-order valence-corrected chi connectivity index (χ1v) is 4.39. The summed E-state index contributed by atoms with van der Waals surface area (Å²) in [6, 6.07) is 0.0572. The SMILES string of the molecule is Nc1ncnc2c1cnn2C1CC1O. The van der Waals surface area contributed by atoms with Gasteiger partial charge in [0.05, 0.1) is 23.7 Å². The molecule has 2 aromatic rings. The van der Waals surface area contributed by atoms with Crippen molar-refractivity contribution < 1.29 is 5.11 Å². The van der Waals surface area contributed by atoms with Gasteiger partial charge < -0.3 is 10.8 Å². The predicted octanol–water partition coefficient (Wildman–Crippen LogP) is -0.286. The van der Waals surface area contributed by atoms with E-state index < -0.39 is 0 Å². The van der Waals surface area contributed by atoms with Crippen molar-refractivity contribution in [3.63, 3.8) is 0 Å². The summed E-state index contributed by atoms with van der Waals surface area (Å²) in [5.74, 6) is 0.427. The van der Waals surface area contributed by atoms with Crippen LogP contribution in [0.2, 0.25) is 0 Å². The quantitative estimate of drug-likeness (QED) is 0.646. The largest absolute Gasteiger partial charge is 0.391 e.